The molecule has 0 unspecified atom stereocenters. The summed E-state index contributed by atoms with van der Waals surface area (Å²) in [5.41, 5.74) is 0.778. The van der Waals surface area contributed by atoms with Crippen molar-refractivity contribution in [3.63, 3.8) is 0 Å². The van der Waals surface area contributed by atoms with E-state index in [0.717, 1.165) is 12.1 Å². The lowest BCUT2D eigenvalue weighted by atomic mass is 10.3. The molecule has 2 aromatic heterocycles. The molecule has 0 radical (unpaired) electrons. The average Bonchev–Trinajstić information content (AvgIpc) is 2.76. The molecule has 0 saturated carbocycles. The fourth-order valence-electron chi connectivity index (χ4n) is 1.10. The molecule has 6 nitrogen and oxygen atoms in total. The molecule has 0 aliphatic carbocycles. The van der Waals surface area contributed by atoms with Crippen LogP contribution in [0.4, 0.5) is 0 Å². The summed E-state index contributed by atoms with van der Waals surface area (Å²) in [6, 6.07) is 1.78. The maximum atomic E-state index is 5.08. The minimum absolute atomic E-state index is 0.470. The highest BCUT2D eigenvalue weighted by Gasteiger charge is 2.07. The van der Waals surface area contributed by atoms with E-state index in [1.54, 1.807) is 18.5 Å². The molecule has 0 atom stereocenters. The van der Waals surface area contributed by atoms with Crippen LogP contribution in [0.3, 0.4) is 0 Å². The van der Waals surface area contributed by atoms with Gasteiger partial charge in [-0.05, 0) is 12.6 Å². The van der Waals surface area contributed by atoms with Crippen LogP contribution in [-0.4, -0.2) is 26.9 Å². The fourth-order valence-corrected chi connectivity index (χ4v) is 1.10. The second-order valence-electron chi connectivity index (χ2n) is 2.93. The van der Waals surface area contributed by atoms with E-state index in [2.05, 4.69) is 25.7 Å². The van der Waals surface area contributed by atoms with Gasteiger partial charge in [-0.1, -0.05) is 12.1 Å². The molecule has 2 rings (SSSR count). The van der Waals surface area contributed by atoms with E-state index < -0.39 is 0 Å². The van der Waals surface area contributed by atoms with Crippen molar-refractivity contribution in [3.8, 4) is 11.5 Å². The molecule has 0 aromatic carbocycles. The fraction of sp³-hybridized carbons (Fsp3) is 0.333. The molecule has 78 valence electrons. The molecule has 0 amide bonds. The Morgan fingerprint density at radius 1 is 1.40 bits per heavy atom. The molecule has 2 heterocycles. The molecule has 1 N–H and O–H groups in total. The maximum Gasteiger partial charge on any atom is 0.259 e. The van der Waals surface area contributed by atoms with Gasteiger partial charge >= 0.3 is 0 Å². The molecule has 6 heteroatoms. The molecule has 15 heavy (non-hydrogen) atoms. The van der Waals surface area contributed by atoms with E-state index in [0.29, 0.717) is 18.3 Å². The van der Waals surface area contributed by atoms with E-state index in [1.807, 2.05) is 6.92 Å². The van der Waals surface area contributed by atoms with E-state index in [-0.39, 0.29) is 0 Å². The van der Waals surface area contributed by atoms with Crippen molar-refractivity contribution in [2.75, 3.05) is 6.54 Å². The number of hydrogen-bond acceptors (Lipinski definition) is 6. The Bertz CT molecular complexity index is 413. The van der Waals surface area contributed by atoms with Gasteiger partial charge in [0, 0.05) is 0 Å². The second-order valence-corrected chi connectivity index (χ2v) is 2.93. The number of aromatic nitrogens is 4. The summed E-state index contributed by atoms with van der Waals surface area (Å²) in [6.07, 6.45) is 3.17. The number of nitrogens with one attached hydrogen (secondary N) is 1. The average molecular weight is 205 g/mol. The van der Waals surface area contributed by atoms with E-state index in [9.17, 15) is 0 Å². The summed E-state index contributed by atoms with van der Waals surface area (Å²) in [5, 5.41) is 14.4. The van der Waals surface area contributed by atoms with Gasteiger partial charge in [0.15, 0.2) is 5.82 Å². The van der Waals surface area contributed by atoms with E-state index in [1.165, 1.54) is 0 Å². The third-order valence-electron chi connectivity index (χ3n) is 1.83. The molecule has 0 saturated heterocycles. The molecule has 0 bridgehead atoms. The van der Waals surface area contributed by atoms with Crippen LogP contribution < -0.4 is 5.32 Å². The summed E-state index contributed by atoms with van der Waals surface area (Å²) >= 11 is 0. The van der Waals surface area contributed by atoms with Crippen molar-refractivity contribution in [2.45, 2.75) is 13.5 Å². The summed E-state index contributed by atoms with van der Waals surface area (Å²) in [4.78, 5) is 4.21. The molecule has 2 aromatic rings. The van der Waals surface area contributed by atoms with Gasteiger partial charge in [-0.15, -0.1) is 0 Å². The molecular weight excluding hydrogens is 194 g/mol. The van der Waals surface area contributed by atoms with Gasteiger partial charge in [0.2, 0.25) is 0 Å². The Balaban J connectivity index is 2.14. The minimum atomic E-state index is 0.470. The predicted octanol–water partition coefficient (Wildman–Crippen LogP) is 0.636. The van der Waals surface area contributed by atoms with Gasteiger partial charge in [-0.2, -0.15) is 15.2 Å². The largest absolute Gasteiger partial charge is 0.334 e. The molecule has 0 fully saturated rings. The lowest BCUT2D eigenvalue weighted by molar-refractivity contribution is 0.419. The molecule has 0 aliphatic heterocycles. The lowest BCUT2D eigenvalue weighted by Crippen LogP contribution is -2.12. The van der Waals surface area contributed by atoms with Crippen LogP contribution in [0.1, 0.15) is 12.7 Å². The third-order valence-corrected chi connectivity index (χ3v) is 1.83. The maximum absolute atomic E-state index is 5.08. The summed E-state index contributed by atoms with van der Waals surface area (Å²) < 4.78 is 5.08. The van der Waals surface area contributed by atoms with Crippen molar-refractivity contribution in [1.82, 2.24) is 25.7 Å². The normalized spacial score (nSPS) is 10.5. The Kier molecular flexibility index (Phi) is 2.99. The van der Waals surface area contributed by atoms with Gasteiger partial charge in [-0.3, -0.25) is 0 Å². The zero-order valence-corrected chi connectivity index (χ0v) is 8.34. The van der Waals surface area contributed by atoms with Gasteiger partial charge in [0.25, 0.3) is 5.89 Å². The van der Waals surface area contributed by atoms with E-state index >= 15 is 0 Å². The zero-order chi connectivity index (χ0) is 10.5. The second kappa shape index (κ2) is 4.61. The van der Waals surface area contributed by atoms with Crippen LogP contribution >= 0.6 is 0 Å². The van der Waals surface area contributed by atoms with Gasteiger partial charge in [0.1, 0.15) is 0 Å². The quantitative estimate of drug-likeness (QED) is 0.789. The Labute approximate surface area is 86.7 Å². The molecule has 0 aliphatic rings. The lowest BCUT2D eigenvalue weighted by Gasteiger charge is -1.92. The minimum Gasteiger partial charge on any atom is -0.334 e. The zero-order valence-electron chi connectivity index (χ0n) is 8.34. The Hall–Kier alpha value is -1.82. The predicted molar refractivity (Wildman–Crippen MR) is 52.7 cm³/mol. The third kappa shape index (κ3) is 2.35. The SMILES string of the molecule is CCNCc1noc(-c2ccnnc2)n1. The van der Waals surface area contributed by atoms with Gasteiger partial charge in [-0.25, -0.2) is 0 Å². The van der Waals surface area contributed by atoms with E-state index in [4.69, 9.17) is 4.52 Å². The highest BCUT2D eigenvalue weighted by atomic mass is 16.5. The number of rotatable bonds is 4. The summed E-state index contributed by atoms with van der Waals surface area (Å²) in [5.74, 6) is 1.11. The first kappa shape index (κ1) is 9.72. The highest BCUT2D eigenvalue weighted by molar-refractivity contribution is 5.49. The van der Waals surface area contributed by atoms with Crippen LogP contribution in [0.2, 0.25) is 0 Å². The van der Waals surface area contributed by atoms with Gasteiger partial charge < -0.3 is 9.84 Å². The first-order chi connectivity index (χ1) is 7.40. The Morgan fingerprint density at radius 2 is 2.33 bits per heavy atom. The topological polar surface area (TPSA) is 76.7 Å². The molecule has 0 spiro atoms. The Morgan fingerprint density at radius 3 is 3.07 bits per heavy atom. The summed E-state index contributed by atoms with van der Waals surface area (Å²) in [7, 11) is 0. The summed E-state index contributed by atoms with van der Waals surface area (Å²) in [6.45, 7) is 3.51. The standard InChI is InChI=1S/C9H11N5O/c1-2-10-6-8-13-9(15-14-8)7-3-4-11-12-5-7/h3-5,10H,2,6H2,1H3. The van der Waals surface area contributed by atoms with Crippen molar-refractivity contribution in [3.05, 3.63) is 24.3 Å². The van der Waals surface area contributed by atoms with Crippen molar-refractivity contribution < 1.29 is 4.52 Å². The first-order valence-electron chi connectivity index (χ1n) is 4.70. The van der Waals surface area contributed by atoms with Crippen molar-refractivity contribution >= 4 is 0 Å². The first-order valence-corrected chi connectivity index (χ1v) is 4.70. The number of nitrogens with zero attached hydrogens (tertiary/aromatic N) is 4. The highest BCUT2D eigenvalue weighted by Crippen LogP contribution is 2.13. The number of hydrogen-bond donors (Lipinski definition) is 1. The van der Waals surface area contributed by atoms with Gasteiger partial charge in [0.05, 0.1) is 24.5 Å². The smallest absolute Gasteiger partial charge is 0.259 e. The monoisotopic (exact) mass is 205 g/mol. The van der Waals surface area contributed by atoms with Crippen LogP contribution in [0, 0.1) is 0 Å². The van der Waals surface area contributed by atoms with Crippen molar-refractivity contribution in [2.24, 2.45) is 0 Å². The van der Waals surface area contributed by atoms with Crippen LogP contribution in [0.25, 0.3) is 11.5 Å². The van der Waals surface area contributed by atoms with Crippen LogP contribution in [0.5, 0.6) is 0 Å². The molecular formula is C9H11N5O. The van der Waals surface area contributed by atoms with Crippen molar-refractivity contribution in [1.29, 1.82) is 0 Å². The van der Waals surface area contributed by atoms with Crippen LogP contribution in [-0.2, 0) is 6.54 Å². The van der Waals surface area contributed by atoms with Crippen LogP contribution in [0.15, 0.2) is 23.0 Å².